The Morgan fingerprint density at radius 2 is 2.00 bits per heavy atom. The molecule has 1 N–H and O–H groups in total. The van der Waals surface area contributed by atoms with E-state index in [4.69, 9.17) is 4.74 Å². The molecule has 0 fully saturated rings. The summed E-state index contributed by atoms with van der Waals surface area (Å²) in [5, 5.41) is 5.55. The molecule has 0 saturated heterocycles. The molecular weight excluding hydrogens is 306 g/mol. The molecule has 1 heterocycles. The van der Waals surface area contributed by atoms with Crippen LogP contribution in [0, 0.1) is 0 Å². The van der Waals surface area contributed by atoms with E-state index >= 15 is 0 Å². The molecule has 0 spiro atoms. The fraction of sp³-hybridized carbons (Fsp3) is 0.389. The third kappa shape index (κ3) is 5.60. The second kappa shape index (κ2) is 9.20. The zero-order valence-electron chi connectivity index (χ0n) is 14.1. The third-order valence-corrected chi connectivity index (χ3v) is 4.64. The van der Waals surface area contributed by atoms with Gasteiger partial charge in [0, 0.05) is 32.1 Å². The van der Waals surface area contributed by atoms with Crippen LogP contribution in [0.4, 0.5) is 0 Å². The number of ether oxygens (including phenoxy) is 1. The molecule has 2 aromatic rings. The number of hydrogen-bond donors (Lipinski definition) is 1. The van der Waals surface area contributed by atoms with Gasteiger partial charge in [-0.3, -0.25) is 4.99 Å². The highest BCUT2D eigenvalue weighted by molar-refractivity contribution is 7.09. The van der Waals surface area contributed by atoms with Crippen LogP contribution < -0.4 is 10.1 Å². The molecule has 0 aliphatic heterocycles. The van der Waals surface area contributed by atoms with Crippen molar-refractivity contribution in [2.45, 2.75) is 12.8 Å². The summed E-state index contributed by atoms with van der Waals surface area (Å²) in [4.78, 5) is 7.94. The number of nitrogens with one attached hydrogen (secondary N) is 1. The van der Waals surface area contributed by atoms with Crippen molar-refractivity contribution in [3.63, 3.8) is 0 Å². The molecule has 5 heteroatoms. The number of likely N-dealkylation sites (N-methyl/N-ethyl adjacent to an activating group) is 1. The van der Waals surface area contributed by atoms with Crippen LogP contribution >= 0.6 is 11.3 Å². The highest BCUT2D eigenvalue weighted by Gasteiger charge is 2.06. The van der Waals surface area contributed by atoms with Crippen LogP contribution in [0.1, 0.15) is 10.4 Å². The molecular formula is C18H25N3OS. The Balaban J connectivity index is 1.75. The Hall–Kier alpha value is -2.01. The van der Waals surface area contributed by atoms with Crippen LogP contribution in [0.2, 0.25) is 0 Å². The van der Waals surface area contributed by atoms with Gasteiger partial charge >= 0.3 is 0 Å². The number of aliphatic imine (C=N–C) groups is 1. The number of nitrogens with zero attached hydrogens (tertiary/aromatic N) is 2. The van der Waals surface area contributed by atoms with Gasteiger partial charge in [0.15, 0.2) is 5.96 Å². The van der Waals surface area contributed by atoms with Crippen LogP contribution in [0.15, 0.2) is 46.8 Å². The first-order chi connectivity index (χ1) is 11.2. The van der Waals surface area contributed by atoms with Crippen molar-refractivity contribution in [1.29, 1.82) is 0 Å². The van der Waals surface area contributed by atoms with Gasteiger partial charge in [0.1, 0.15) is 5.75 Å². The summed E-state index contributed by atoms with van der Waals surface area (Å²) in [6.45, 7) is 1.82. The van der Waals surface area contributed by atoms with E-state index in [1.807, 2.05) is 19.2 Å². The number of rotatable bonds is 7. The van der Waals surface area contributed by atoms with Gasteiger partial charge in [-0.2, -0.15) is 0 Å². The van der Waals surface area contributed by atoms with Crippen LogP contribution in [0.25, 0.3) is 0 Å². The lowest BCUT2D eigenvalue weighted by molar-refractivity contribution is 0.414. The summed E-state index contributed by atoms with van der Waals surface area (Å²) in [6.07, 6.45) is 2.01. The Bertz CT molecular complexity index is 593. The maximum atomic E-state index is 5.18. The normalized spacial score (nSPS) is 11.3. The van der Waals surface area contributed by atoms with Gasteiger partial charge < -0.3 is 15.0 Å². The van der Waals surface area contributed by atoms with E-state index in [1.54, 1.807) is 18.4 Å². The predicted molar refractivity (Wildman–Crippen MR) is 98.7 cm³/mol. The van der Waals surface area contributed by atoms with Crippen molar-refractivity contribution >= 4 is 17.3 Å². The van der Waals surface area contributed by atoms with Crippen molar-refractivity contribution in [1.82, 2.24) is 10.2 Å². The largest absolute Gasteiger partial charge is 0.497 e. The molecule has 0 amide bonds. The first-order valence-corrected chi connectivity index (χ1v) is 8.68. The highest BCUT2D eigenvalue weighted by Crippen LogP contribution is 2.11. The van der Waals surface area contributed by atoms with Gasteiger partial charge in [0.05, 0.1) is 7.11 Å². The molecule has 0 saturated carbocycles. The van der Waals surface area contributed by atoms with Crippen molar-refractivity contribution < 1.29 is 4.74 Å². The SMILES string of the molecule is CN=C(NCCc1ccc(OC)cc1)N(C)CCc1cccs1. The predicted octanol–water partition coefficient (Wildman–Crippen LogP) is 3.05. The number of thiophene rings is 1. The van der Waals surface area contributed by atoms with Crippen LogP contribution in [-0.4, -0.2) is 45.2 Å². The van der Waals surface area contributed by atoms with Crippen molar-refractivity contribution in [2.24, 2.45) is 4.99 Å². The summed E-state index contributed by atoms with van der Waals surface area (Å²) in [5.74, 6) is 1.83. The molecule has 1 aromatic carbocycles. The lowest BCUT2D eigenvalue weighted by Gasteiger charge is -2.21. The topological polar surface area (TPSA) is 36.9 Å². The summed E-state index contributed by atoms with van der Waals surface area (Å²) in [6, 6.07) is 12.5. The van der Waals surface area contributed by atoms with Crippen molar-refractivity contribution in [3.8, 4) is 5.75 Å². The van der Waals surface area contributed by atoms with Gasteiger partial charge in [0.25, 0.3) is 0 Å². The number of hydrogen-bond acceptors (Lipinski definition) is 3. The maximum absolute atomic E-state index is 5.18. The van der Waals surface area contributed by atoms with E-state index in [1.165, 1.54) is 10.4 Å². The van der Waals surface area contributed by atoms with Gasteiger partial charge in [0.2, 0.25) is 0 Å². The number of benzene rings is 1. The summed E-state index contributed by atoms with van der Waals surface area (Å²) < 4.78 is 5.18. The molecule has 0 bridgehead atoms. The first-order valence-electron chi connectivity index (χ1n) is 7.80. The van der Waals surface area contributed by atoms with Crippen molar-refractivity contribution in [2.75, 3.05) is 34.3 Å². The molecule has 2 rings (SSSR count). The molecule has 23 heavy (non-hydrogen) atoms. The summed E-state index contributed by atoms with van der Waals surface area (Å²) in [5.41, 5.74) is 1.29. The zero-order valence-corrected chi connectivity index (χ0v) is 14.9. The molecule has 0 unspecified atom stereocenters. The minimum Gasteiger partial charge on any atom is -0.497 e. The zero-order chi connectivity index (χ0) is 16.5. The van der Waals surface area contributed by atoms with E-state index in [0.717, 1.165) is 37.6 Å². The average Bonchev–Trinajstić information content (AvgIpc) is 3.10. The first kappa shape index (κ1) is 17.3. The second-order valence-corrected chi connectivity index (χ2v) is 6.36. The maximum Gasteiger partial charge on any atom is 0.193 e. The Morgan fingerprint density at radius 3 is 2.61 bits per heavy atom. The minimum absolute atomic E-state index is 0.863. The quantitative estimate of drug-likeness (QED) is 0.626. The fourth-order valence-corrected chi connectivity index (χ4v) is 3.03. The second-order valence-electron chi connectivity index (χ2n) is 5.32. The molecule has 0 radical (unpaired) electrons. The molecule has 0 aliphatic rings. The molecule has 0 atom stereocenters. The monoisotopic (exact) mass is 331 g/mol. The van der Waals surface area contributed by atoms with Crippen molar-refractivity contribution in [3.05, 3.63) is 52.2 Å². The average molecular weight is 331 g/mol. The van der Waals surface area contributed by atoms with E-state index < -0.39 is 0 Å². The Kier molecular flexibility index (Phi) is 6.94. The van der Waals surface area contributed by atoms with Gasteiger partial charge in [-0.05, 0) is 42.0 Å². The standard InChI is InChI=1S/C18H25N3OS/c1-19-18(21(2)13-11-17-5-4-14-23-17)20-12-10-15-6-8-16(22-3)9-7-15/h4-9,14H,10-13H2,1-3H3,(H,19,20). The van der Waals surface area contributed by atoms with Gasteiger partial charge in [-0.1, -0.05) is 18.2 Å². The Morgan fingerprint density at radius 1 is 1.22 bits per heavy atom. The lowest BCUT2D eigenvalue weighted by atomic mass is 10.1. The highest BCUT2D eigenvalue weighted by atomic mass is 32.1. The van der Waals surface area contributed by atoms with E-state index in [2.05, 4.69) is 51.9 Å². The Labute approximate surface area is 142 Å². The molecule has 4 nitrogen and oxygen atoms in total. The summed E-state index contributed by atoms with van der Waals surface area (Å²) in [7, 11) is 5.60. The van der Waals surface area contributed by atoms with E-state index in [-0.39, 0.29) is 0 Å². The minimum atomic E-state index is 0.863. The van der Waals surface area contributed by atoms with Crippen LogP contribution in [0.5, 0.6) is 5.75 Å². The summed E-state index contributed by atoms with van der Waals surface area (Å²) >= 11 is 1.81. The number of methoxy groups -OCH3 is 1. The smallest absolute Gasteiger partial charge is 0.193 e. The van der Waals surface area contributed by atoms with E-state index in [0.29, 0.717) is 0 Å². The number of guanidine groups is 1. The third-order valence-electron chi connectivity index (χ3n) is 3.70. The molecule has 1 aromatic heterocycles. The molecule has 124 valence electrons. The fourth-order valence-electron chi connectivity index (χ4n) is 2.33. The van der Waals surface area contributed by atoms with Gasteiger partial charge in [-0.15, -0.1) is 11.3 Å². The lowest BCUT2D eigenvalue weighted by Crippen LogP contribution is -2.40. The molecule has 0 aliphatic carbocycles. The van der Waals surface area contributed by atoms with Crippen LogP contribution in [0.3, 0.4) is 0 Å². The van der Waals surface area contributed by atoms with Crippen LogP contribution in [-0.2, 0) is 12.8 Å². The van der Waals surface area contributed by atoms with Gasteiger partial charge in [-0.25, -0.2) is 0 Å². The van der Waals surface area contributed by atoms with E-state index in [9.17, 15) is 0 Å².